The Morgan fingerprint density at radius 1 is 0.161 bits per heavy atom. The summed E-state index contributed by atoms with van der Waals surface area (Å²) in [6.07, 6.45) is 0. The fraction of sp³-hybridized carbons (Fsp3) is 0.0667. The third-order valence-electron chi connectivity index (χ3n) is 28.2. The Morgan fingerprint density at radius 3 is 0.482 bits per heavy atom. The summed E-state index contributed by atoms with van der Waals surface area (Å²) in [5, 5.41) is 19.7. The molecule has 17 heteroatoms. The van der Waals surface area contributed by atoms with E-state index in [0.717, 1.165) is 175 Å². The minimum Gasteiger partial charge on any atom is -0.488 e. The van der Waals surface area contributed by atoms with Crippen LogP contribution in [0.15, 0.2) is 340 Å². The van der Waals surface area contributed by atoms with E-state index in [9.17, 15) is 0 Å². The number of fused-ring (bicyclic) bond motifs is 52. The average molecular weight is 1820 g/mol. The van der Waals surface area contributed by atoms with Crippen LogP contribution in [0.3, 0.4) is 0 Å². The molecule has 9 heterocycles. The van der Waals surface area contributed by atoms with Gasteiger partial charge in [0.1, 0.15) is 98.9 Å². The van der Waals surface area contributed by atoms with Crippen LogP contribution in [0.1, 0.15) is 44.5 Å². The molecule has 0 amide bonds. The Balaban J connectivity index is 0.00000927. The van der Waals surface area contributed by atoms with Gasteiger partial charge in [-0.15, -0.1) is 0 Å². The summed E-state index contributed by atoms with van der Waals surface area (Å²) >= 11 is 0. The van der Waals surface area contributed by atoms with E-state index in [1.807, 2.05) is 0 Å². The van der Waals surface area contributed by atoms with Gasteiger partial charge in [-0.05, 0) is 249 Å². The average Bonchev–Trinajstić information content (AvgIpc) is 1.66. The molecule has 0 unspecified atom stereocenters. The maximum atomic E-state index is 7.30. The molecular formula is C120H72CuN8O8. The fourth-order valence-electron chi connectivity index (χ4n) is 21.6. The number of nitrogens with zero attached hydrogens (tertiary/aromatic N) is 8. The predicted octanol–water partition coefficient (Wildman–Crippen LogP) is 27.9. The smallest absolute Gasteiger partial charge is 0.488 e. The van der Waals surface area contributed by atoms with Gasteiger partial charge in [0.25, 0.3) is 0 Å². The van der Waals surface area contributed by atoms with Crippen molar-refractivity contribution >= 4 is 130 Å². The monoisotopic (exact) mass is 1820 g/mol. The SMILES string of the molecule is [Cu+2].c1ccc2c3c(ccc2c1)OCc1cc2c(cc1COc1ccc4ccccc4c1-3)-c1nc-2nc2[n-]c(nc3nc(nc4[n-]c(n1)c1cc5c(cc41)COc1ccc4ccccc4c1-c1c(ccc4ccccc14)OC5)-c1cc4c(cc1-3)COc1ccc3ccccc3c1-c1c(ccc3ccccc13)OC4)c1cc3c(cc21)COc1ccc2ccccc2c1-c1c(ccc2ccccc12)OC3. The standard InChI is InChI=1S/C120H72N8O8.Cu/c1-9-25-81-65(17-1)33-41-97-105(81)106-82-26-10-2-18-66(82)34-42-98(106)130-58-74-50-90-89(49-73(74)57-129-97)113-121-114(90)126-116-93-53-77-61-133-101-45-37-69-21-5-13-29-85(69)109(101)110-86-30-14-6-22-70(86)38-46-102(110)134-62-78(77)54-94(93)118(123-116)128-120-96-56-80-64-136-104-48-40-72-24-8-16-32-88(72)112(104)111-87-31-15-7-23-71(87)39-47-103(111)135-63-79(80)55-95(96)119(124-120)127-117-92-52-76-60-132-100-44-36-68-20-4-12-28-84(68)108(100)107-83-27-11-3-19-67(83)35-43-99(107)131-59-75(76)51-91(92)115(122-117)125-113;/h1-56H,57-64H2;/q-2;+2. The van der Waals surface area contributed by atoms with Crippen LogP contribution in [-0.2, 0) is 69.9 Å². The van der Waals surface area contributed by atoms with Crippen LogP contribution < -0.4 is 47.9 Å². The third kappa shape index (κ3) is 12.6. The van der Waals surface area contributed by atoms with E-state index in [0.29, 0.717) is 136 Å². The van der Waals surface area contributed by atoms with Crippen molar-refractivity contribution < 1.29 is 55.0 Å². The number of ether oxygens (including phenoxy) is 8. The second-order valence-electron chi connectivity index (χ2n) is 35.7. The molecule has 3 aromatic heterocycles. The van der Waals surface area contributed by atoms with Crippen LogP contribution in [-0.4, -0.2) is 29.9 Å². The van der Waals surface area contributed by atoms with Crippen molar-refractivity contribution in [3.8, 4) is 136 Å². The van der Waals surface area contributed by atoms with Gasteiger partial charge in [-0.3, -0.25) is 0 Å². The number of aromatic nitrogens is 8. The zero-order valence-electron chi connectivity index (χ0n) is 73.1. The van der Waals surface area contributed by atoms with Crippen LogP contribution in [0.2, 0.25) is 0 Å². The zero-order valence-corrected chi connectivity index (χ0v) is 74.1. The Labute approximate surface area is 792 Å². The third-order valence-corrected chi connectivity index (χ3v) is 28.2. The van der Waals surface area contributed by atoms with Gasteiger partial charge in [-0.25, -0.2) is 9.97 Å². The molecule has 0 saturated heterocycles. The quantitative estimate of drug-likeness (QED) is 0.131. The Kier molecular flexibility index (Phi) is 17.7. The summed E-state index contributed by atoms with van der Waals surface area (Å²) in [4.78, 5) is 45.8. The molecule has 23 aromatic rings. The van der Waals surface area contributed by atoms with Gasteiger partial charge in [0.2, 0.25) is 0 Å². The first-order valence-electron chi connectivity index (χ1n) is 45.9. The number of hydrogen-bond acceptors (Lipinski definition) is 14. The Morgan fingerprint density at radius 2 is 0.314 bits per heavy atom. The molecule has 137 heavy (non-hydrogen) atoms. The normalized spacial score (nSPS) is 13.4. The van der Waals surface area contributed by atoms with E-state index in [-0.39, 0.29) is 69.9 Å². The molecule has 651 valence electrons. The molecule has 1 radical (unpaired) electrons. The van der Waals surface area contributed by atoms with E-state index in [1.165, 1.54) is 0 Å². The second kappa shape index (κ2) is 30.9. The summed E-state index contributed by atoms with van der Waals surface area (Å²) < 4.78 is 58.4. The van der Waals surface area contributed by atoms with Crippen LogP contribution in [0.25, 0.3) is 220 Å². The van der Waals surface area contributed by atoms with Crippen molar-refractivity contribution in [3.05, 3.63) is 384 Å². The van der Waals surface area contributed by atoms with Crippen molar-refractivity contribution in [2.45, 2.75) is 52.9 Å². The summed E-state index contributed by atoms with van der Waals surface area (Å²) in [5.41, 5.74) is 18.6. The molecule has 8 bridgehead atoms. The largest absolute Gasteiger partial charge is 2.00 e. The molecule has 0 fully saturated rings. The van der Waals surface area contributed by atoms with E-state index in [2.05, 4.69) is 340 Å². The summed E-state index contributed by atoms with van der Waals surface area (Å²) in [6.45, 7) is 1.27. The first-order valence-corrected chi connectivity index (χ1v) is 45.9. The Bertz CT molecular complexity index is 8390. The maximum Gasteiger partial charge on any atom is 2.00 e. The maximum absolute atomic E-state index is 7.30. The molecule has 20 aromatic carbocycles. The van der Waals surface area contributed by atoms with Gasteiger partial charge in [-0.2, -0.15) is 0 Å². The zero-order chi connectivity index (χ0) is 88.9. The molecule has 0 aliphatic carbocycles. The number of rotatable bonds is 0. The molecule has 0 N–H and O–H groups in total. The molecular weight excluding hydrogens is 1740 g/mol. The van der Waals surface area contributed by atoms with Crippen molar-refractivity contribution in [1.29, 1.82) is 0 Å². The first kappa shape index (κ1) is 78.4. The molecule has 29 rings (SSSR count). The van der Waals surface area contributed by atoms with Gasteiger partial charge in [0, 0.05) is 89.4 Å². The van der Waals surface area contributed by atoms with E-state index >= 15 is 0 Å². The fourth-order valence-corrected chi connectivity index (χ4v) is 21.6. The molecule has 6 aliphatic rings. The van der Waals surface area contributed by atoms with Gasteiger partial charge < -0.3 is 67.8 Å². The summed E-state index contributed by atoms with van der Waals surface area (Å²) in [5.74, 6) is 7.07. The molecule has 0 atom stereocenters. The number of hydrogen-bond donors (Lipinski definition) is 0. The van der Waals surface area contributed by atoms with Crippen LogP contribution in [0.4, 0.5) is 0 Å². The van der Waals surface area contributed by atoms with E-state index in [4.69, 9.17) is 77.8 Å². The topological polar surface area (TPSA) is 179 Å². The molecule has 6 aliphatic heterocycles. The van der Waals surface area contributed by atoms with Gasteiger partial charge in [0.15, 0.2) is 0 Å². The number of benzene rings is 20. The summed E-state index contributed by atoms with van der Waals surface area (Å²) in [6, 6.07) is 119. The van der Waals surface area contributed by atoms with Crippen LogP contribution in [0.5, 0.6) is 46.0 Å². The minimum absolute atomic E-state index is 0. The predicted molar refractivity (Wildman–Crippen MR) is 536 cm³/mol. The minimum atomic E-state index is 0. The van der Waals surface area contributed by atoms with Crippen LogP contribution in [0, 0.1) is 0 Å². The Hall–Kier alpha value is -17.2. The second-order valence-corrected chi connectivity index (χ2v) is 35.7. The van der Waals surface area contributed by atoms with Crippen molar-refractivity contribution in [1.82, 2.24) is 39.9 Å². The van der Waals surface area contributed by atoms with E-state index in [1.54, 1.807) is 0 Å². The first-order chi connectivity index (χ1) is 67.3. The van der Waals surface area contributed by atoms with Crippen molar-refractivity contribution in [2.24, 2.45) is 0 Å². The van der Waals surface area contributed by atoms with Crippen LogP contribution >= 0.6 is 0 Å². The van der Waals surface area contributed by atoms with Gasteiger partial charge in [-0.1, -0.05) is 243 Å². The van der Waals surface area contributed by atoms with Gasteiger partial charge >= 0.3 is 17.1 Å². The van der Waals surface area contributed by atoms with Crippen molar-refractivity contribution in [3.63, 3.8) is 0 Å². The molecule has 16 nitrogen and oxygen atoms in total. The van der Waals surface area contributed by atoms with Crippen molar-refractivity contribution in [2.75, 3.05) is 0 Å². The molecule has 0 saturated carbocycles. The molecule has 0 spiro atoms. The van der Waals surface area contributed by atoms with E-state index < -0.39 is 0 Å². The van der Waals surface area contributed by atoms with Gasteiger partial charge in [0.05, 0.1) is 23.3 Å². The summed E-state index contributed by atoms with van der Waals surface area (Å²) in [7, 11) is 0.